The first-order valence-electron chi connectivity index (χ1n) is 5.45. The van der Waals surface area contributed by atoms with E-state index in [-0.39, 0.29) is 11.5 Å². The molecule has 1 saturated carbocycles. The molecule has 6 nitrogen and oxygen atoms in total. The summed E-state index contributed by atoms with van der Waals surface area (Å²) in [5.74, 6) is 0. The maximum absolute atomic E-state index is 11.9. The predicted octanol–water partition coefficient (Wildman–Crippen LogP) is 0.0702. The molecule has 1 aliphatic carbocycles. The topological polar surface area (TPSA) is 74.6 Å². The highest BCUT2D eigenvalue weighted by Gasteiger charge is 2.28. The van der Waals surface area contributed by atoms with Gasteiger partial charge in [-0.15, -0.1) is 4.83 Å². The van der Waals surface area contributed by atoms with E-state index in [9.17, 15) is 13.5 Å². The minimum atomic E-state index is -3.53. The normalized spacial score (nSPS) is 16.7. The molecule has 1 aromatic heterocycles. The zero-order valence-corrected chi connectivity index (χ0v) is 10.7. The molecule has 1 fully saturated rings. The summed E-state index contributed by atoms with van der Waals surface area (Å²) in [6, 6.07) is 1.87. The third-order valence-corrected chi connectivity index (χ3v) is 4.07. The summed E-state index contributed by atoms with van der Waals surface area (Å²) in [7, 11) is -0.306. The maximum Gasteiger partial charge on any atom is 0.254 e. The van der Waals surface area contributed by atoms with Crippen LogP contribution in [0.2, 0.25) is 0 Å². The first-order chi connectivity index (χ1) is 7.94. The number of rotatable bonds is 5. The van der Waals surface area contributed by atoms with Crippen LogP contribution < -0.4 is 4.83 Å². The Labute approximate surface area is 101 Å². The maximum atomic E-state index is 11.9. The van der Waals surface area contributed by atoms with Crippen molar-refractivity contribution >= 4 is 10.0 Å². The Morgan fingerprint density at radius 3 is 2.65 bits per heavy atom. The minimum Gasteiger partial charge on any atom is -0.390 e. The number of nitrogens with one attached hydrogen (secondary N) is 1. The summed E-state index contributed by atoms with van der Waals surface area (Å²) in [6.07, 6.45) is 3.68. The van der Waals surface area contributed by atoms with Gasteiger partial charge in [0.1, 0.15) is 4.90 Å². The first-order valence-corrected chi connectivity index (χ1v) is 6.94. The third-order valence-electron chi connectivity index (χ3n) is 2.62. The molecule has 0 radical (unpaired) electrons. The highest BCUT2D eigenvalue weighted by atomic mass is 32.2. The lowest BCUT2D eigenvalue weighted by Gasteiger charge is -2.10. The molecule has 2 rings (SSSR count). The van der Waals surface area contributed by atoms with Crippen molar-refractivity contribution in [3.63, 3.8) is 0 Å². The van der Waals surface area contributed by atoms with Gasteiger partial charge in [0, 0.05) is 32.0 Å². The van der Waals surface area contributed by atoms with Crippen LogP contribution in [0.3, 0.4) is 0 Å². The fourth-order valence-corrected chi connectivity index (χ4v) is 2.89. The Hall–Kier alpha value is -0.890. The number of aromatic nitrogens is 1. The first kappa shape index (κ1) is 12.6. The zero-order chi connectivity index (χ0) is 12.6. The Kier molecular flexibility index (Phi) is 3.26. The van der Waals surface area contributed by atoms with Crippen molar-refractivity contribution in [1.82, 2.24) is 14.4 Å². The van der Waals surface area contributed by atoms with E-state index in [1.807, 2.05) is 4.57 Å². The van der Waals surface area contributed by atoms with Gasteiger partial charge in [-0.3, -0.25) is 0 Å². The van der Waals surface area contributed by atoms with Gasteiger partial charge in [0.25, 0.3) is 10.0 Å². The van der Waals surface area contributed by atoms with Crippen molar-refractivity contribution in [2.75, 3.05) is 14.1 Å². The van der Waals surface area contributed by atoms with Crippen LogP contribution in [0.15, 0.2) is 17.2 Å². The molecule has 2 N–H and O–H groups in total. The smallest absolute Gasteiger partial charge is 0.254 e. The molecule has 0 bridgehead atoms. The number of aliphatic hydroxyl groups excluding tert-OH is 1. The molecular formula is C10H17N3O3S. The molecule has 17 heavy (non-hydrogen) atoms. The highest BCUT2D eigenvalue weighted by molar-refractivity contribution is 7.89. The van der Waals surface area contributed by atoms with Crippen molar-refractivity contribution in [1.29, 1.82) is 0 Å². The van der Waals surface area contributed by atoms with E-state index in [1.54, 1.807) is 20.3 Å². The van der Waals surface area contributed by atoms with E-state index in [0.717, 1.165) is 12.8 Å². The molecule has 1 aromatic rings. The summed E-state index contributed by atoms with van der Waals surface area (Å²) >= 11 is 0. The largest absolute Gasteiger partial charge is 0.390 e. The molecule has 0 spiro atoms. The van der Waals surface area contributed by atoms with Gasteiger partial charge >= 0.3 is 0 Å². The van der Waals surface area contributed by atoms with Crippen LogP contribution in [0.25, 0.3) is 0 Å². The van der Waals surface area contributed by atoms with Crippen LogP contribution in [0.4, 0.5) is 0 Å². The van der Waals surface area contributed by atoms with E-state index in [4.69, 9.17) is 0 Å². The summed E-state index contributed by atoms with van der Waals surface area (Å²) in [5, 5.41) is 10.6. The molecule has 1 aliphatic rings. The van der Waals surface area contributed by atoms with Crippen LogP contribution >= 0.6 is 0 Å². The number of hydrazine groups is 1. The van der Waals surface area contributed by atoms with Crippen molar-refractivity contribution in [2.45, 2.75) is 30.4 Å². The number of hydrogen-bond acceptors (Lipinski definition) is 4. The molecule has 0 amide bonds. The Morgan fingerprint density at radius 1 is 1.53 bits per heavy atom. The quantitative estimate of drug-likeness (QED) is 0.734. The number of sulfonamides is 1. The average molecular weight is 259 g/mol. The number of aliphatic hydroxyl groups is 1. The van der Waals surface area contributed by atoms with E-state index in [2.05, 4.69) is 4.83 Å². The monoisotopic (exact) mass is 259 g/mol. The van der Waals surface area contributed by atoms with Crippen LogP contribution in [-0.2, 0) is 16.6 Å². The van der Waals surface area contributed by atoms with Gasteiger partial charge in [-0.05, 0) is 18.9 Å². The lowest BCUT2D eigenvalue weighted by molar-refractivity contribution is 0.270. The molecule has 96 valence electrons. The van der Waals surface area contributed by atoms with Crippen LogP contribution in [0.1, 0.15) is 24.6 Å². The Bertz CT molecular complexity index is 503. The van der Waals surface area contributed by atoms with Gasteiger partial charge < -0.3 is 9.67 Å². The molecule has 1 heterocycles. The van der Waals surface area contributed by atoms with Gasteiger partial charge in [-0.1, -0.05) is 0 Å². The minimum absolute atomic E-state index is 0.145. The van der Waals surface area contributed by atoms with E-state index in [1.165, 1.54) is 11.1 Å². The van der Waals surface area contributed by atoms with Crippen molar-refractivity contribution in [3.8, 4) is 0 Å². The second-order valence-corrected chi connectivity index (χ2v) is 6.11. The molecule has 7 heteroatoms. The van der Waals surface area contributed by atoms with Gasteiger partial charge in [0.15, 0.2) is 0 Å². The summed E-state index contributed by atoms with van der Waals surface area (Å²) in [6.45, 7) is -0.145. The molecule has 0 atom stereocenters. The second-order valence-electron chi connectivity index (χ2n) is 4.45. The summed E-state index contributed by atoms with van der Waals surface area (Å²) in [4.78, 5) is 2.57. The average Bonchev–Trinajstić information content (AvgIpc) is 2.95. The fourth-order valence-electron chi connectivity index (χ4n) is 1.76. The number of hydrogen-bond donors (Lipinski definition) is 2. The van der Waals surface area contributed by atoms with E-state index < -0.39 is 10.0 Å². The highest BCUT2D eigenvalue weighted by Crippen LogP contribution is 2.37. The van der Waals surface area contributed by atoms with Gasteiger partial charge in [0.05, 0.1) is 6.61 Å². The molecule has 0 aromatic carbocycles. The van der Waals surface area contributed by atoms with Gasteiger partial charge in [-0.2, -0.15) is 0 Å². The molecule has 0 unspecified atom stereocenters. The standard InChI is InChI=1S/C10H17N3O3S/c1-12(2)11-17(15,16)10-5-9(7-14)13(6-10)8-3-4-8/h5-6,8,11,14H,3-4,7H2,1-2H3. The van der Waals surface area contributed by atoms with E-state index in [0.29, 0.717) is 11.7 Å². The van der Waals surface area contributed by atoms with Crippen molar-refractivity contribution in [2.24, 2.45) is 0 Å². The van der Waals surface area contributed by atoms with Crippen LogP contribution in [-0.4, -0.2) is 37.2 Å². The second kappa shape index (κ2) is 4.41. The number of nitrogens with zero attached hydrogens (tertiary/aromatic N) is 2. The zero-order valence-electron chi connectivity index (χ0n) is 9.92. The van der Waals surface area contributed by atoms with Crippen LogP contribution in [0, 0.1) is 0 Å². The lowest BCUT2D eigenvalue weighted by atomic mass is 10.4. The molecule has 0 saturated heterocycles. The molecule has 0 aliphatic heterocycles. The SMILES string of the molecule is CN(C)NS(=O)(=O)c1cc(CO)n(C2CC2)c1. The van der Waals surface area contributed by atoms with Gasteiger partial charge in [0.2, 0.25) is 0 Å². The molecular weight excluding hydrogens is 242 g/mol. The third kappa shape index (κ3) is 2.68. The Morgan fingerprint density at radius 2 is 2.18 bits per heavy atom. The van der Waals surface area contributed by atoms with Crippen molar-refractivity contribution < 1.29 is 13.5 Å². The summed E-state index contributed by atoms with van der Waals surface area (Å²) < 4.78 is 25.7. The Balaban J connectivity index is 2.32. The van der Waals surface area contributed by atoms with Gasteiger partial charge in [-0.25, -0.2) is 13.4 Å². The van der Waals surface area contributed by atoms with E-state index >= 15 is 0 Å². The summed E-state index contributed by atoms with van der Waals surface area (Å²) in [5.41, 5.74) is 0.645. The van der Waals surface area contributed by atoms with Crippen molar-refractivity contribution in [3.05, 3.63) is 18.0 Å². The lowest BCUT2D eigenvalue weighted by Crippen LogP contribution is -2.35. The predicted molar refractivity (Wildman–Crippen MR) is 62.6 cm³/mol. The van der Waals surface area contributed by atoms with Crippen LogP contribution in [0.5, 0.6) is 0 Å². The fraction of sp³-hybridized carbons (Fsp3) is 0.600.